The third-order valence-corrected chi connectivity index (χ3v) is 7.22. The molecule has 176 valence electrons. The molecule has 8 heteroatoms. The molecule has 2 heterocycles. The Labute approximate surface area is 199 Å². The van der Waals surface area contributed by atoms with Crippen LogP contribution in [0.3, 0.4) is 0 Å². The number of thiophene rings is 1. The van der Waals surface area contributed by atoms with Gasteiger partial charge >= 0.3 is 0 Å². The van der Waals surface area contributed by atoms with Crippen molar-refractivity contribution in [2.75, 3.05) is 49.5 Å². The average molecular weight is 469 g/mol. The summed E-state index contributed by atoms with van der Waals surface area (Å²) in [6.07, 6.45) is 2.90. The highest BCUT2D eigenvalue weighted by molar-refractivity contribution is 7.12. The second kappa shape index (κ2) is 10.4. The van der Waals surface area contributed by atoms with Gasteiger partial charge in [-0.05, 0) is 62.8 Å². The Hall–Kier alpha value is -2.87. The Balaban J connectivity index is 1.58. The molecular formula is C25H32N4O3S. The van der Waals surface area contributed by atoms with Crippen molar-refractivity contribution in [3.63, 3.8) is 0 Å². The first kappa shape index (κ1) is 23.3. The molecule has 3 amide bonds. The quantitative estimate of drug-likeness (QED) is 0.668. The van der Waals surface area contributed by atoms with Gasteiger partial charge in [-0.25, -0.2) is 0 Å². The molecule has 1 saturated carbocycles. The van der Waals surface area contributed by atoms with Crippen LogP contribution in [0.2, 0.25) is 0 Å². The zero-order valence-corrected chi connectivity index (χ0v) is 20.2. The molecular weight excluding hydrogens is 436 g/mol. The summed E-state index contributed by atoms with van der Waals surface area (Å²) in [5.41, 5.74) is 2.06. The second-order valence-electron chi connectivity index (χ2n) is 8.58. The number of amides is 3. The van der Waals surface area contributed by atoms with Crippen molar-refractivity contribution >= 4 is 40.4 Å². The van der Waals surface area contributed by atoms with Crippen molar-refractivity contribution in [1.82, 2.24) is 9.80 Å². The number of anilines is 2. The normalized spacial score (nSPS) is 16.3. The van der Waals surface area contributed by atoms with E-state index in [1.165, 1.54) is 11.3 Å². The first-order chi connectivity index (χ1) is 16.0. The van der Waals surface area contributed by atoms with Crippen LogP contribution in [0.15, 0.2) is 35.7 Å². The van der Waals surface area contributed by atoms with Gasteiger partial charge in [0.2, 0.25) is 5.91 Å². The van der Waals surface area contributed by atoms with E-state index in [-0.39, 0.29) is 23.6 Å². The zero-order chi connectivity index (χ0) is 23.4. The van der Waals surface area contributed by atoms with Gasteiger partial charge in [-0.15, -0.1) is 11.3 Å². The maximum atomic E-state index is 13.4. The predicted molar refractivity (Wildman–Crippen MR) is 132 cm³/mol. The minimum Gasteiger partial charge on any atom is -0.369 e. The van der Waals surface area contributed by atoms with Crippen molar-refractivity contribution in [2.45, 2.75) is 33.1 Å². The number of carbonyl (C=O) groups excluding carboxylic acids is 3. The molecule has 33 heavy (non-hydrogen) atoms. The molecule has 2 aromatic rings. The Kier molecular flexibility index (Phi) is 7.33. The Morgan fingerprint density at radius 2 is 1.85 bits per heavy atom. The molecule has 0 spiro atoms. The molecule has 1 aliphatic carbocycles. The summed E-state index contributed by atoms with van der Waals surface area (Å²) >= 11 is 1.38. The minimum absolute atomic E-state index is 0.0441. The Bertz CT molecular complexity index is 999. The molecule has 4 rings (SSSR count). The van der Waals surface area contributed by atoms with E-state index in [0.717, 1.165) is 38.0 Å². The number of hydrogen-bond donors (Lipinski definition) is 1. The lowest BCUT2D eigenvalue weighted by Gasteiger charge is -2.28. The summed E-state index contributed by atoms with van der Waals surface area (Å²) in [5.74, 6) is 0.283. The number of rotatable bonds is 7. The highest BCUT2D eigenvalue weighted by Crippen LogP contribution is 2.32. The van der Waals surface area contributed by atoms with Gasteiger partial charge in [-0.1, -0.05) is 6.07 Å². The molecule has 1 aliphatic heterocycles. The van der Waals surface area contributed by atoms with Crippen LogP contribution in [0.1, 0.15) is 53.1 Å². The van der Waals surface area contributed by atoms with Gasteiger partial charge in [-0.3, -0.25) is 14.4 Å². The summed E-state index contributed by atoms with van der Waals surface area (Å²) < 4.78 is 0. The molecule has 1 aromatic carbocycles. The second-order valence-corrected chi connectivity index (χ2v) is 9.53. The van der Waals surface area contributed by atoms with Gasteiger partial charge < -0.3 is 20.0 Å². The van der Waals surface area contributed by atoms with Gasteiger partial charge in [0.05, 0.1) is 10.4 Å². The fourth-order valence-corrected chi connectivity index (χ4v) is 4.93. The summed E-state index contributed by atoms with van der Waals surface area (Å²) in [6.45, 7) is 8.08. The van der Waals surface area contributed by atoms with Gasteiger partial charge in [-0.2, -0.15) is 0 Å². The van der Waals surface area contributed by atoms with Gasteiger partial charge in [0.1, 0.15) is 0 Å². The largest absolute Gasteiger partial charge is 0.369 e. The fourth-order valence-electron chi connectivity index (χ4n) is 4.31. The molecule has 2 fully saturated rings. The lowest BCUT2D eigenvalue weighted by Crippen LogP contribution is -2.37. The van der Waals surface area contributed by atoms with Crippen LogP contribution in [-0.4, -0.2) is 66.8 Å². The van der Waals surface area contributed by atoms with E-state index in [0.29, 0.717) is 42.3 Å². The summed E-state index contributed by atoms with van der Waals surface area (Å²) in [4.78, 5) is 45.1. The minimum atomic E-state index is -0.178. The highest BCUT2D eigenvalue weighted by atomic mass is 32.1. The van der Waals surface area contributed by atoms with Crippen molar-refractivity contribution in [2.24, 2.45) is 5.92 Å². The van der Waals surface area contributed by atoms with Crippen LogP contribution in [-0.2, 0) is 4.79 Å². The van der Waals surface area contributed by atoms with E-state index < -0.39 is 0 Å². The summed E-state index contributed by atoms with van der Waals surface area (Å²) in [6, 6.07) is 9.20. The molecule has 7 nitrogen and oxygen atoms in total. The van der Waals surface area contributed by atoms with Gasteiger partial charge in [0.25, 0.3) is 11.8 Å². The van der Waals surface area contributed by atoms with Crippen LogP contribution in [0.5, 0.6) is 0 Å². The van der Waals surface area contributed by atoms with Crippen LogP contribution in [0.4, 0.5) is 11.4 Å². The number of carbonyl (C=O) groups is 3. The third kappa shape index (κ3) is 5.38. The van der Waals surface area contributed by atoms with Crippen molar-refractivity contribution in [3.05, 3.63) is 46.2 Å². The number of benzene rings is 1. The third-order valence-electron chi connectivity index (χ3n) is 6.36. The average Bonchev–Trinajstić information content (AvgIpc) is 3.58. The van der Waals surface area contributed by atoms with E-state index in [1.807, 2.05) is 42.3 Å². The maximum Gasteiger partial charge on any atom is 0.265 e. The fraction of sp³-hybridized carbons (Fsp3) is 0.480. The molecule has 0 unspecified atom stereocenters. The van der Waals surface area contributed by atoms with Crippen LogP contribution in [0, 0.1) is 5.92 Å². The van der Waals surface area contributed by atoms with E-state index in [2.05, 4.69) is 10.2 Å². The number of nitrogens with one attached hydrogen (secondary N) is 1. The number of nitrogens with zero attached hydrogens (tertiary/aromatic N) is 3. The topological polar surface area (TPSA) is 73.0 Å². The van der Waals surface area contributed by atoms with E-state index >= 15 is 0 Å². The van der Waals surface area contributed by atoms with Crippen molar-refractivity contribution in [3.8, 4) is 0 Å². The van der Waals surface area contributed by atoms with Crippen LogP contribution in [0.25, 0.3) is 0 Å². The SMILES string of the molecule is CCN(CC)C(=O)c1cc(NC(=O)c2cccs2)ccc1N1CCCN(C(=O)C2CC2)CC1. The maximum absolute atomic E-state index is 13.4. The Morgan fingerprint density at radius 1 is 1.06 bits per heavy atom. The molecule has 1 N–H and O–H groups in total. The van der Waals surface area contributed by atoms with E-state index in [1.54, 1.807) is 17.0 Å². The lowest BCUT2D eigenvalue weighted by atomic mass is 10.1. The van der Waals surface area contributed by atoms with E-state index in [4.69, 9.17) is 0 Å². The van der Waals surface area contributed by atoms with Gasteiger partial charge in [0.15, 0.2) is 0 Å². The monoisotopic (exact) mass is 468 g/mol. The molecule has 0 radical (unpaired) electrons. The van der Waals surface area contributed by atoms with Gasteiger partial charge in [0, 0.05) is 56.6 Å². The smallest absolute Gasteiger partial charge is 0.265 e. The molecule has 0 atom stereocenters. The molecule has 1 aromatic heterocycles. The predicted octanol–water partition coefficient (Wildman–Crippen LogP) is 3.93. The van der Waals surface area contributed by atoms with Crippen LogP contribution < -0.4 is 10.2 Å². The lowest BCUT2D eigenvalue weighted by molar-refractivity contribution is -0.132. The summed E-state index contributed by atoms with van der Waals surface area (Å²) in [7, 11) is 0. The molecule has 2 aliphatic rings. The standard InChI is InChI=1S/C25H32N4O3S/c1-3-27(4-2)25(32)20-17-19(26-23(30)22-7-5-16-33-22)10-11-21(20)28-12-6-13-29(15-14-28)24(31)18-8-9-18/h5,7,10-11,16-18H,3-4,6,8-9,12-15H2,1-2H3,(H,26,30). The molecule has 0 bridgehead atoms. The first-order valence-corrected chi connectivity index (χ1v) is 12.7. The summed E-state index contributed by atoms with van der Waals surface area (Å²) in [5, 5.41) is 4.79. The molecule has 1 saturated heterocycles. The first-order valence-electron chi connectivity index (χ1n) is 11.8. The van der Waals surface area contributed by atoms with Crippen LogP contribution >= 0.6 is 11.3 Å². The highest BCUT2D eigenvalue weighted by Gasteiger charge is 2.34. The Morgan fingerprint density at radius 3 is 2.52 bits per heavy atom. The van der Waals surface area contributed by atoms with E-state index in [9.17, 15) is 14.4 Å². The zero-order valence-electron chi connectivity index (χ0n) is 19.4. The van der Waals surface area contributed by atoms with Crippen molar-refractivity contribution in [1.29, 1.82) is 0 Å². The van der Waals surface area contributed by atoms with Crippen molar-refractivity contribution < 1.29 is 14.4 Å². The number of hydrogen-bond acceptors (Lipinski definition) is 5.